The van der Waals surface area contributed by atoms with Gasteiger partial charge in [-0.25, -0.2) is 18.2 Å². The highest BCUT2D eigenvalue weighted by atomic mass is 19.1. The van der Waals surface area contributed by atoms with Crippen LogP contribution in [0.4, 0.5) is 18.9 Å². The molecule has 0 unspecified atom stereocenters. The van der Waals surface area contributed by atoms with Crippen LogP contribution in [0.2, 0.25) is 0 Å². The number of benzene rings is 2. The first-order valence-electron chi connectivity index (χ1n) is 10.6. The van der Waals surface area contributed by atoms with Crippen molar-refractivity contribution in [2.75, 3.05) is 11.9 Å². The fourth-order valence-corrected chi connectivity index (χ4v) is 3.33. The second-order valence-corrected chi connectivity index (χ2v) is 7.91. The molecule has 1 aliphatic carbocycles. The number of halogens is 3. The molecule has 2 heterocycles. The molecule has 2 aromatic carbocycles. The maximum atomic E-state index is 14.7. The molecule has 4 aromatic rings. The Morgan fingerprint density at radius 2 is 1.76 bits per heavy atom. The van der Waals surface area contributed by atoms with E-state index in [1.807, 2.05) is 0 Å². The number of pyridine rings is 2. The quantitative estimate of drug-likeness (QED) is 0.369. The highest BCUT2D eigenvalue weighted by Gasteiger charge is 2.22. The van der Waals surface area contributed by atoms with Crippen LogP contribution in [0.15, 0.2) is 60.9 Å². The first-order chi connectivity index (χ1) is 16.5. The molecule has 34 heavy (non-hydrogen) atoms. The second-order valence-electron chi connectivity index (χ2n) is 7.91. The Bertz CT molecular complexity index is 1370. The fourth-order valence-electron chi connectivity index (χ4n) is 3.33. The van der Waals surface area contributed by atoms with Crippen molar-refractivity contribution in [2.45, 2.75) is 12.8 Å². The highest BCUT2D eigenvalue weighted by Crippen LogP contribution is 2.34. The largest absolute Gasteiger partial charge is 0.492 e. The number of hydrogen-bond acceptors (Lipinski definition) is 5. The summed E-state index contributed by atoms with van der Waals surface area (Å²) in [6.45, 7) is 0.611. The topological polar surface area (TPSA) is 73.3 Å². The standard InChI is InChI=1S/C25H18F3N3O3/c26-18-4-2-1-3-17(18)25(32)31-15-9-19(27)24(20(28)10-15)34-22-7-8-29-21-11-16(12-30-23(21)22)33-13-14-5-6-14/h1-4,7-12,14H,5-6,13H2,(H,31,32). The van der Waals surface area contributed by atoms with Gasteiger partial charge < -0.3 is 14.8 Å². The lowest BCUT2D eigenvalue weighted by Gasteiger charge is -2.12. The number of amides is 1. The van der Waals surface area contributed by atoms with Gasteiger partial charge in [-0.3, -0.25) is 9.78 Å². The van der Waals surface area contributed by atoms with E-state index in [4.69, 9.17) is 9.47 Å². The molecule has 1 aliphatic rings. The van der Waals surface area contributed by atoms with Gasteiger partial charge in [0.15, 0.2) is 23.1 Å². The van der Waals surface area contributed by atoms with E-state index in [1.54, 1.807) is 6.07 Å². The molecular formula is C25H18F3N3O3. The Kier molecular flexibility index (Phi) is 5.75. The summed E-state index contributed by atoms with van der Waals surface area (Å²) in [4.78, 5) is 20.8. The molecule has 1 amide bonds. The number of anilines is 1. The SMILES string of the molecule is O=C(Nc1cc(F)c(Oc2ccnc3cc(OCC4CC4)cnc23)c(F)c1)c1ccccc1F. The number of rotatable bonds is 7. The lowest BCUT2D eigenvalue weighted by atomic mass is 10.2. The van der Waals surface area contributed by atoms with E-state index in [0.717, 1.165) is 31.0 Å². The van der Waals surface area contributed by atoms with E-state index in [9.17, 15) is 18.0 Å². The highest BCUT2D eigenvalue weighted by molar-refractivity contribution is 6.04. The number of carbonyl (C=O) groups is 1. The van der Waals surface area contributed by atoms with Gasteiger partial charge in [-0.1, -0.05) is 12.1 Å². The van der Waals surface area contributed by atoms with Gasteiger partial charge in [0.25, 0.3) is 5.91 Å². The lowest BCUT2D eigenvalue weighted by molar-refractivity contribution is 0.102. The van der Waals surface area contributed by atoms with Gasteiger partial charge in [-0.2, -0.15) is 0 Å². The van der Waals surface area contributed by atoms with Crippen LogP contribution in [0.3, 0.4) is 0 Å². The average molecular weight is 465 g/mol. The third-order valence-electron chi connectivity index (χ3n) is 5.28. The zero-order valence-electron chi connectivity index (χ0n) is 17.7. The number of fused-ring (bicyclic) bond motifs is 1. The van der Waals surface area contributed by atoms with Gasteiger partial charge in [0.1, 0.15) is 17.1 Å². The average Bonchev–Trinajstić information content (AvgIpc) is 3.65. The number of carbonyl (C=O) groups excluding carboxylic acids is 1. The van der Waals surface area contributed by atoms with Crippen LogP contribution in [0.5, 0.6) is 17.2 Å². The minimum absolute atomic E-state index is 0.0969. The number of nitrogens with zero attached hydrogens (tertiary/aromatic N) is 2. The molecule has 172 valence electrons. The van der Waals surface area contributed by atoms with Crippen LogP contribution in [0, 0.1) is 23.4 Å². The van der Waals surface area contributed by atoms with E-state index in [-0.39, 0.29) is 17.0 Å². The van der Waals surface area contributed by atoms with Crippen LogP contribution < -0.4 is 14.8 Å². The summed E-state index contributed by atoms with van der Waals surface area (Å²) >= 11 is 0. The number of ether oxygens (including phenoxy) is 2. The van der Waals surface area contributed by atoms with Crippen molar-refractivity contribution in [3.63, 3.8) is 0 Å². The molecule has 6 nitrogen and oxygen atoms in total. The summed E-state index contributed by atoms with van der Waals surface area (Å²) in [5.74, 6) is -3.16. The summed E-state index contributed by atoms with van der Waals surface area (Å²) in [5.41, 5.74) is 0.307. The van der Waals surface area contributed by atoms with Crippen molar-refractivity contribution in [1.29, 1.82) is 0 Å². The van der Waals surface area contributed by atoms with Crippen molar-refractivity contribution in [3.8, 4) is 17.2 Å². The predicted octanol–water partition coefficient (Wildman–Crippen LogP) is 5.88. The summed E-state index contributed by atoms with van der Waals surface area (Å²) in [5, 5.41) is 2.28. The number of aromatic nitrogens is 2. The van der Waals surface area contributed by atoms with Crippen LogP contribution in [0.25, 0.3) is 11.0 Å². The predicted molar refractivity (Wildman–Crippen MR) is 119 cm³/mol. The zero-order valence-corrected chi connectivity index (χ0v) is 17.7. The second kappa shape index (κ2) is 9.01. The molecule has 1 saturated carbocycles. The summed E-state index contributed by atoms with van der Waals surface area (Å²) in [6.07, 6.45) is 5.25. The minimum atomic E-state index is -1.06. The molecule has 5 rings (SSSR count). The fraction of sp³-hybridized carbons (Fsp3) is 0.160. The molecule has 1 N–H and O–H groups in total. The summed E-state index contributed by atoms with van der Waals surface area (Å²) in [6, 6.07) is 10.2. The maximum absolute atomic E-state index is 14.7. The van der Waals surface area contributed by atoms with Crippen molar-refractivity contribution >= 4 is 22.6 Å². The minimum Gasteiger partial charge on any atom is -0.492 e. The molecule has 0 bridgehead atoms. The van der Waals surface area contributed by atoms with Gasteiger partial charge in [0, 0.05) is 36.1 Å². The van der Waals surface area contributed by atoms with E-state index in [1.165, 1.54) is 36.7 Å². The van der Waals surface area contributed by atoms with Crippen molar-refractivity contribution in [2.24, 2.45) is 5.92 Å². The van der Waals surface area contributed by atoms with Crippen molar-refractivity contribution < 1.29 is 27.4 Å². The van der Waals surface area contributed by atoms with E-state index in [2.05, 4.69) is 15.3 Å². The molecule has 0 radical (unpaired) electrons. The van der Waals surface area contributed by atoms with Gasteiger partial charge in [0.05, 0.1) is 23.9 Å². The van der Waals surface area contributed by atoms with Crippen molar-refractivity contribution in [3.05, 3.63) is 83.9 Å². The molecule has 0 atom stereocenters. The van der Waals surface area contributed by atoms with Crippen LogP contribution in [-0.4, -0.2) is 22.5 Å². The molecule has 9 heteroatoms. The maximum Gasteiger partial charge on any atom is 0.258 e. The first-order valence-corrected chi connectivity index (χ1v) is 10.6. The molecule has 2 aromatic heterocycles. The molecule has 0 saturated heterocycles. The van der Waals surface area contributed by atoms with Crippen molar-refractivity contribution in [1.82, 2.24) is 9.97 Å². The third-order valence-corrected chi connectivity index (χ3v) is 5.28. The monoisotopic (exact) mass is 465 g/mol. The normalized spacial score (nSPS) is 13.0. The Labute approximate surface area is 192 Å². The Morgan fingerprint density at radius 1 is 1.00 bits per heavy atom. The van der Waals surface area contributed by atoms with Crippen LogP contribution in [0.1, 0.15) is 23.2 Å². The third kappa shape index (κ3) is 4.63. The van der Waals surface area contributed by atoms with E-state index in [0.29, 0.717) is 29.3 Å². The number of hydrogen-bond donors (Lipinski definition) is 1. The summed E-state index contributed by atoms with van der Waals surface area (Å²) in [7, 11) is 0. The Hall–Kier alpha value is -4.14. The van der Waals surface area contributed by atoms with Gasteiger partial charge in [0.2, 0.25) is 0 Å². The zero-order chi connectivity index (χ0) is 23.7. The molecule has 0 aliphatic heterocycles. The summed E-state index contributed by atoms with van der Waals surface area (Å²) < 4.78 is 54.4. The first kappa shape index (κ1) is 21.7. The van der Waals surface area contributed by atoms with E-state index >= 15 is 0 Å². The lowest BCUT2D eigenvalue weighted by Crippen LogP contribution is -2.14. The van der Waals surface area contributed by atoms with Gasteiger partial charge >= 0.3 is 0 Å². The number of nitrogens with one attached hydrogen (secondary N) is 1. The Balaban J connectivity index is 1.37. The van der Waals surface area contributed by atoms with Crippen LogP contribution >= 0.6 is 0 Å². The van der Waals surface area contributed by atoms with Gasteiger partial charge in [-0.15, -0.1) is 0 Å². The van der Waals surface area contributed by atoms with Gasteiger partial charge in [-0.05, 0) is 30.9 Å². The van der Waals surface area contributed by atoms with E-state index < -0.39 is 29.1 Å². The smallest absolute Gasteiger partial charge is 0.258 e. The molecule has 1 fully saturated rings. The van der Waals surface area contributed by atoms with Crippen LogP contribution in [-0.2, 0) is 0 Å². The molecule has 0 spiro atoms. The Morgan fingerprint density at radius 3 is 2.50 bits per heavy atom. The molecular weight excluding hydrogens is 447 g/mol.